The second-order valence-corrected chi connectivity index (χ2v) is 4.24. The molecule has 90 valence electrons. The van der Waals surface area contributed by atoms with Gasteiger partial charge in [0.25, 0.3) is 0 Å². The molecule has 0 radical (unpaired) electrons. The fourth-order valence-electron chi connectivity index (χ4n) is 1.92. The highest BCUT2D eigenvalue weighted by Gasteiger charge is 2.04. The van der Waals surface area contributed by atoms with Crippen LogP contribution in [-0.4, -0.2) is 22.0 Å². The number of hydrogen-bond acceptors (Lipinski definition) is 3. The van der Waals surface area contributed by atoms with E-state index in [4.69, 9.17) is 0 Å². The molecule has 2 aromatic carbocycles. The quantitative estimate of drug-likeness (QED) is 0.703. The molecule has 0 saturated carbocycles. The molecule has 0 N–H and O–H groups in total. The molecule has 3 rings (SSSR count). The average molecular weight is 238 g/mol. The lowest BCUT2D eigenvalue weighted by Gasteiger charge is -2.17. The Hall–Kier alpha value is -2.36. The molecule has 4 nitrogen and oxygen atoms in total. The zero-order valence-corrected chi connectivity index (χ0v) is 10.2. The molecule has 3 aromatic rings. The van der Waals surface area contributed by atoms with E-state index in [1.54, 1.807) is 4.80 Å². The third kappa shape index (κ3) is 2.05. The summed E-state index contributed by atoms with van der Waals surface area (Å²) < 4.78 is 0. The van der Waals surface area contributed by atoms with Crippen LogP contribution in [-0.2, 0) is 6.67 Å². The van der Waals surface area contributed by atoms with Gasteiger partial charge in [-0.05, 0) is 24.3 Å². The van der Waals surface area contributed by atoms with Gasteiger partial charge in [-0.3, -0.25) is 0 Å². The van der Waals surface area contributed by atoms with Gasteiger partial charge in [-0.1, -0.05) is 30.3 Å². The van der Waals surface area contributed by atoms with Crippen LogP contribution in [0.4, 0.5) is 5.69 Å². The summed E-state index contributed by atoms with van der Waals surface area (Å²) in [5, 5.41) is 8.88. The Balaban J connectivity index is 1.84. The summed E-state index contributed by atoms with van der Waals surface area (Å²) in [6.45, 7) is 0.638. The normalized spacial score (nSPS) is 10.7. The standard InChI is InChI=1S/C14H14N4/c1-17(12-7-3-2-4-8-12)11-18-15-13-9-5-6-10-14(13)16-18/h2-10H,11H2,1H3. The van der Waals surface area contributed by atoms with Gasteiger partial charge in [-0.2, -0.15) is 15.0 Å². The van der Waals surface area contributed by atoms with Crippen molar-refractivity contribution in [1.82, 2.24) is 15.0 Å². The lowest BCUT2D eigenvalue weighted by molar-refractivity contribution is 0.540. The summed E-state index contributed by atoms with van der Waals surface area (Å²) in [5.74, 6) is 0. The van der Waals surface area contributed by atoms with Crippen molar-refractivity contribution in [3.05, 3.63) is 54.6 Å². The number of para-hydroxylation sites is 1. The molecular formula is C14H14N4. The van der Waals surface area contributed by atoms with Gasteiger partial charge in [-0.15, -0.1) is 0 Å². The van der Waals surface area contributed by atoms with Crippen molar-refractivity contribution >= 4 is 16.7 Å². The third-order valence-corrected chi connectivity index (χ3v) is 2.86. The highest BCUT2D eigenvalue weighted by Crippen LogP contribution is 2.12. The molecule has 0 aliphatic carbocycles. The Bertz CT molecular complexity index is 612. The van der Waals surface area contributed by atoms with E-state index in [0.29, 0.717) is 6.67 Å². The molecule has 0 aliphatic heterocycles. The van der Waals surface area contributed by atoms with Gasteiger partial charge in [0.15, 0.2) is 0 Å². The van der Waals surface area contributed by atoms with Crippen LogP contribution in [0.15, 0.2) is 54.6 Å². The number of rotatable bonds is 3. The minimum Gasteiger partial charge on any atom is -0.354 e. The highest BCUT2D eigenvalue weighted by atomic mass is 15.5. The van der Waals surface area contributed by atoms with Crippen molar-refractivity contribution in [2.45, 2.75) is 6.67 Å². The van der Waals surface area contributed by atoms with Crippen molar-refractivity contribution < 1.29 is 0 Å². The van der Waals surface area contributed by atoms with Gasteiger partial charge in [0.2, 0.25) is 0 Å². The van der Waals surface area contributed by atoms with Crippen molar-refractivity contribution in [2.75, 3.05) is 11.9 Å². The van der Waals surface area contributed by atoms with Gasteiger partial charge in [-0.25, -0.2) is 0 Å². The monoisotopic (exact) mass is 238 g/mol. The molecule has 18 heavy (non-hydrogen) atoms. The first kappa shape index (κ1) is 10.8. The van der Waals surface area contributed by atoms with E-state index >= 15 is 0 Å². The van der Waals surface area contributed by atoms with Crippen LogP contribution in [0.25, 0.3) is 11.0 Å². The van der Waals surface area contributed by atoms with Gasteiger partial charge < -0.3 is 4.90 Å². The van der Waals surface area contributed by atoms with E-state index in [1.165, 1.54) is 0 Å². The predicted octanol–water partition coefficient (Wildman–Crippen LogP) is 2.53. The fraction of sp³-hybridized carbons (Fsp3) is 0.143. The van der Waals surface area contributed by atoms with E-state index in [0.717, 1.165) is 16.7 Å². The maximum absolute atomic E-state index is 4.44. The van der Waals surface area contributed by atoms with Crippen LogP contribution in [0, 0.1) is 0 Å². The maximum atomic E-state index is 4.44. The molecule has 0 unspecified atom stereocenters. The molecule has 0 aliphatic rings. The van der Waals surface area contributed by atoms with E-state index in [1.807, 2.05) is 49.5 Å². The molecule has 0 atom stereocenters. The smallest absolute Gasteiger partial charge is 0.131 e. The minimum atomic E-state index is 0.638. The largest absolute Gasteiger partial charge is 0.354 e. The van der Waals surface area contributed by atoms with Gasteiger partial charge >= 0.3 is 0 Å². The van der Waals surface area contributed by atoms with Crippen molar-refractivity contribution in [2.24, 2.45) is 0 Å². The Morgan fingerprint density at radius 1 is 0.889 bits per heavy atom. The number of anilines is 1. The van der Waals surface area contributed by atoms with E-state index in [9.17, 15) is 0 Å². The zero-order valence-electron chi connectivity index (χ0n) is 10.2. The molecule has 0 amide bonds. The Labute approximate surface area is 105 Å². The summed E-state index contributed by atoms with van der Waals surface area (Å²) >= 11 is 0. The summed E-state index contributed by atoms with van der Waals surface area (Å²) in [6, 6.07) is 18.1. The highest BCUT2D eigenvalue weighted by molar-refractivity contribution is 5.72. The second kappa shape index (κ2) is 4.49. The first-order chi connectivity index (χ1) is 8.83. The molecule has 1 aromatic heterocycles. The van der Waals surface area contributed by atoms with Crippen LogP contribution < -0.4 is 4.90 Å². The summed E-state index contributed by atoms with van der Waals surface area (Å²) in [7, 11) is 2.03. The minimum absolute atomic E-state index is 0.638. The lowest BCUT2D eigenvalue weighted by atomic mass is 10.3. The number of aromatic nitrogens is 3. The topological polar surface area (TPSA) is 34.0 Å². The van der Waals surface area contributed by atoms with Crippen LogP contribution in [0.1, 0.15) is 0 Å². The zero-order chi connectivity index (χ0) is 12.4. The maximum Gasteiger partial charge on any atom is 0.131 e. The fourth-order valence-corrected chi connectivity index (χ4v) is 1.92. The third-order valence-electron chi connectivity index (χ3n) is 2.86. The van der Waals surface area contributed by atoms with Gasteiger partial charge in [0.1, 0.15) is 17.7 Å². The number of fused-ring (bicyclic) bond motifs is 1. The molecule has 0 saturated heterocycles. The summed E-state index contributed by atoms with van der Waals surface area (Å²) in [6.07, 6.45) is 0. The number of hydrogen-bond donors (Lipinski definition) is 0. The van der Waals surface area contributed by atoms with Crippen LogP contribution >= 0.6 is 0 Å². The lowest BCUT2D eigenvalue weighted by Crippen LogP contribution is -2.22. The van der Waals surface area contributed by atoms with Crippen LogP contribution in [0.5, 0.6) is 0 Å². The summed E-state index contributed by atoms with van der Waals surface area (Å²) in [4.78, 5) is 3.83. The molecule has 0 bridgehead atoms. The second-order valence-electron chi connectivity index (χ2n) is 4.24. The van der Waals surface area contributed by atoms with E-state index in [2.05, 4.69) is 27.2 Å². The summed E-state index contributed by atoms with van der Waals surface area (Å²) in [5.41, 5.74) is 3.01. The van der Waals surface area contributed by atoms with Gasteiger partial charge in [0.05, 0.1) is 0 Å². The Morgan fingerprint density at radius 2 is 1.44 bits per heavy atom. The van der Waals surface area contributed by atoms with Gasteiger partial charge in [0, 0.05) is 12.7 Å². The molecule has 0 spiro atoms. The van der Waals surface area contributed by atoms with E-state index < -0.39 is 0 Å². The van der Waals surface area contributed by atoms with Crippen LogP contribution in [0.3, 0.4) is 0 Å². The average Bonchev–Trinajstić information content (AvgIpc) is 2.82. The molecular weight excluding hydrogens is 224 g/mol. The molecule has 0 fully saturated rings. The number of nitrogens with zero attached hydrogens (tertiary/aromatic N) is 4. The van der Waals surface area contributed by atoms with Crippen molar-refractivity contribution in [1.29, 1.82) is 0 Å². The van der Waals surface area contributed by atoms with Crippen molar-refractivity contribution in [3.8, 4) is 0 Å². The van der Waals surface area contributed by atoms with Crippen molar-refractivity contribution in [3.63, 3.8) is 0 Å². The van der Waals surface area contributed by atoms with Crippen LogP contribution in [0.2, 0.25) is 0 Å². The number of benzene rings is 2. The molecule has 4 heteroatoms. The van der Waals surface area contributed by atoms with E-state index in [-0.39, 0.29) is 0 Å². The first-order valence-electron chi connectivity index (χ1n) is 5.89. The Kier molecular flexibility index (Phi) is 2.68. The first-order valence-corrected chi connectivity index (χ1v) is 5.89. The molecule has 1 heterocycles. The SMILES string of the molecule is CN(Cn1nc2ccccc2n1)c1ccccc1. The predicted molar refractivity (Wildman–Crippen MR) is 72.4 cm³/mol. The Morgan fingerprint density at radius 3 is 2.06 bits per heavy atom.